The summed E-state index contributed by atoms with van der Waals surface area (Å²) in [6, 6.07) is 9.92. The second kappa shape index (κ2) is 7.01. The van der Waals surface area contributed by atoms with Gasteiger partial charge in [0.05, 0.1) is 0 Å². The van der Waals surface area contributed by atoms with Gasteiger partial charge in [-0.2, -0.15) is 0 Å². The van der Waals surface area contributed by atoms with Crippen molar-refractivity contribution >= 4 is 0 Å². The Kier molecular flexibility index (Phi) is 5.06. The Labute approximate surface area is 113 Å². The zero-order chi connectivity index (χ0) is 13.5. The second-order valence-electron chi connectivity index (χ2n) is 4.22. The summed E-state index contributed by atoms with van der Waals surface area (Å²) in [5.74, 6) is 1.07. The minimum absolute atomic E-state index is 0.0892. The van der Waals surface area contributed by atoms with Crippen molar-refractivity contribution in [3.8, 4) is 0 Å². The van der Waals surface area contributed by atoms with Gasteiger partial charge in [0, 0.05) is 6.61 Å². The number of benzene rings is 1. The van der Waals surface area contributed by atoms with Crippen LogP contribution in [0.25, 0.3) is 0 Å². The van der Waals surface area contributed by atoms with Gasteiger partial charge in [-0.1, -0.05) is 37.3 Å². The first-order valence-corrected chi connectivity index (χ1v) is 6.47. The van der Waals surface area contributed by atoms with Crippen molar-refractivity contribution in [1.29, 1.82) is 0 Å². The molecule has 2 rings (SSSR count). The SMILES string of the molecule is CCCOCc1nnc(C(NC)c2ccccc2)o1. The van der Waals surface area contributed by atoms with E-state index in [0.717, 1.165) is 12.0 Å². The molecule has 0 saturated heterocycles. The lowest BCUT2D eigenvalue weighted by Crippen LogP contribution is -2.17. The minimum Gasteiger partial charge on any atom is -0.421 e. The monoisotopic (exact) mass is 261 g/mol. The van der Waals surface area contributed by atoms with E-state index in [-0.39, 0.29) is 6.04 Å². The van der Waals surface area contributed by atoms with Crippen LogP contribution in [0.4, 0.5) is 0 Å². The van der Waals surface area contributed by atoms with Crippen molar-refractivity contribution in [3.05, 3.63) is 47.7 Å². The van der Waals surface area contributed by atoms with Crippen LogP contribution in [0, 0.1) is 0 Å². The Bertz CT molecular complexity index is 484. The molecule has 0 radical (unpaired) electrons. The van der Waals surface area contributed by atoms with Crippen LogP contribution in [0.15, 0.2) is 34.7 Å². The molecule has 102 valence electrons. The third kappa shape index (κ3) is 3.62. The average molecular weight is 261 g/mol. The van der Waals surface area contributed by atoms with E-state index in [1.54, 1.807) is 0 Å². The highest BCUT2D eigenvalue weighted by atomic mass is 16.5. The molecule has 0 fully saturated rings. The number of rotatable bonds is 7. The number of hydrogen-bond acceptors (Lipinski definition) is 5. The summed E-state index contributed by atoms with van der Waals surface area (Å²) < 4.78 is 11.0. The summed E-state index contributed by atoms with van der Waals surface area (Å²) in [5, 5.41) is 11.3. The summed E-state index contributed by atoms with van der Waals surface area (Å²) in [5.41, 5.74) is 1.09. The predicted molar refractivity (Wildman–Crippen MR) is 71.6 cm³/mol. The fraction of sp³-hybridized carbons (Fsp3) is 0.429. The van der Waals surface area contributed by atoms with Crippen LogP contribution in [0.2, 0.25) is 0 Å². The molecule has 0 amide bonds. The van der Waals surface area contributed by atoms with Crippen LogP contribution in [-0.4, -0.2) is 23.9 Å². The highest BCUT2D eigenvalue weighted by Crippen LogP contribution is 2.20. The summed E-state index contributed by atoms with van der Waals surface area (Å²) in [6.45, 7) is 3.13. The van der Waals surface area contributed by atoms with Gasteiger partial charge in [-0.15, -0.1) is 10.2 Å². The molecule has 1 atom stereocenters. The van der Waals surface area contributed by atoms with E-state index in [2.05, 4.69) is 22.4 Å². The first-order valence-electron chi connectivity index (χ1n) is 6.47. The number of ether oxygens (including phenoxy) is 1. The van der Waals surface area contributed by atoms with Crippen molar-refractivity contribution in [2.45, 2.75) is 26.0 Å². The van der Waals surface area contributed by atoms with Crippen molar-refractivity contribution in [2.24, 2.45) is 0 Å². The van der Waals surface area contributed by atoms with Gasteiger partial charge in [0.25, 0.3) is 0 Å². The maximum atomic E-state index is 5.63. The normalized spacial score (nSPS) is 12.5. The van der Waals surface area contributed by atoms with E-state index in [9.17, 15) is 0 Å². The Morgan fingerprint density at radius 2 is 2.05 bits per heavy atom. The Morgan fingerprint density at radius 3 is 2.74 bits per heavy atom. The lowest BCUT2D eigenvalue weighted by molar-refractivity contribution is 0.102. The lowest BCUT2D eigenvalue weighted by Gasteiger charge is -2.11. The molecule has 5 heteroatoms. The number of nitrogens with one attached hydrogen (secondary N) is 1. The average Bonchev–Trinajstić information content (AvgIpc) is 2.90. The lowest BCUT2D eigenvalue weighted by atomic mass is 10.1. The van der Waals surface area contributed by atoms with Gasteiger partial charge in [-0.3, -0.25) is 0 Å². The summed E-state index contributed by atoms with van der Waals surface area (Å²) in [4.78, 5) is 0. The van der Waals surface area contributed by atoms with Crippen LogP contribution in [0.3, 0.4) is 0 Å². The third-order valence-electron chi connectivity index (χ3n) is 2.73. The van der Waals surface area contributed by atoms with Crippen LogP contribution >= 0.6 is 0 Å². The van der Waals surface area contributed by atoms with E-state index in [0.29, 0.717) is 25.0 Å². The molecule has 1 N–H and O–H groups in total. The first kappa shape index (κ1) is 13.7. The predicted octanol–water partition coefficient (Wildman–Crippen LogP) is 2.30. The van der Waals surface area contributed by atoms with Crippen molar-refractivity contribution < 1.29 is 9.15 Å². The van der Waals surface area contributed by atoms with E-state index in [1.807, 2.05) is 37.4 Å². The van der Waals surface area contributed by atoms with E-state index >= 15 is 0 Å². The molecule has 2 aromatic rings. The molecule has 0 saturated carbocycles. The molecule has 1 aromatic carbocycles. The van der Waals surface area contributed by atoms with E-state index < -0.39 is 0 Å². The fourth-order valence-electron chi connectivity index (χ4n) is 1.82. The maximum Gasteiger partial charge on any atom is 0.242 e. The molecule has 5 nitrogen and oxygen atoms in total. The first-order chi connectivity index (χ1) is 9.35. The van der Waals surface area contributed by atoms with Gasteiger partial charge < -0.3 is 14.5 Å². The molecule has 0 bridgehead atoms. The summed E-state index contributed by atoms with van der Waals surface area (Å²) >= 11 is 0. The quantitative estimate of drug-likeness (QED) is 0.775. The number of hydrogen-bond donors (Lipinski definition) is 1. The van der Waals surface area contributed by atoms with E-state index in [1.165, 1.54) is 0 Å². The smallest absolute Gasteiger partial charge is 0.242 e. The van der Waals surface area contributed by atoms with Crippen molar-refractivity contribution in [3.63, 3.8) is 0 Å². The van der Waals surface area contributed by atoms with Crippen molar-refractivity contribution in [2.75, 3.05) is 13.7 Å². The summed E-state index contributed by atoms with van der Waals surface area (Å²) in [6.07, 6.45) is 0.976. The molecule has 1 unspecified atom stereocenters. The van der Waals surface area contributed by atoms with Crippen molar-refractivity contribution in [1.82, 2.24) is 15.5 Å². The number of aromatic nitrogens is 2. The standard InChI is InChI=1S/C14H19N3O2/c1-3-9-18-10-12-16-17-14(19-12)13(15-2)11-7-5-4-6-8-11/h4-8,13,15H,3,9-10H2,1-2H3. The van der Waals surface area contributed by atoms with Crippen LogP contribution in [0.1, 0.15) is 36.7 Å². The fourth-order valence-corrected chi connectivity index (χ4v) is 1.82. The van der Waals surface area contributed by atoms with E-state index in [4.69, 9.17) is 9.15 Å². The highest BCUT2D eigenvalue weighted by molar-refractivity contribution is 5.23. The Balaban J connectivity index is 2.07. The highest BCUT2D eigenvalue weighted by Gasteiger charge is 2.18. The Morgan fingerprint density at radius 1 is 1.26 bits per heavy atom. The largest absolute Gasteiger partial charge is 0.421 e. The van der Waals surface area contributed by atoms with Gasteiger partial charge in [-0.25, -0.2) is 0 Å². The van der Waals surface area contributed by atoms with Crippen LogP contribution < -0.4 is 5.32 Å². The third-order valence-corrected chi connectivity index (χ3v) is 2.73. The Hall–Kier alpha value is -1.72. The van der Waals surface area contributed by atoms with Crippen LogP contribution in [-0.2, 0) is 11.3 Å². The zero-order valence-corrected chi connectivity index (χ0v) is 11.3. The second-order valence-corrected chi connectivity index (χ2v) is 4.22. The molecule has 0 spiro atoms. The molecule has 0 aliphatic carbocycles. The molecule has 0 aliphatic rings. The zero-order valence-electron chi connectivity index (χ0n) is 11.3. The molecular formula is C14H19N3O2. The van der Waals surface area contributed by atoms with Gasteiger partial charge in [0.15, 0.2) is 0 Å². The molecule has 0 aliphatic heterocycles. The molecule has 1 heterocycles. The van der Waals surface area contributed by atoms with Gasteiger partial charge in [0.1, 0.15) is 12.6 Å². The maximum absolute atomic E-state index is 5.63. The molecule has 1 aromatic heterocycles. The van der Waals surface area contributed by atoms with Crippen LogP contribution in [0.5, 0.6) is 0 Å². The molecular weight excluding hydrogens is 242 g/mol. The summed E-state index contributed by atoms with van der Waals surface area (Å²) in [7, 11) is 1.87. The number of nitrogens with zero attached hydrogens (tertiary/aromatic N) is 2. The van der Waals surface area contributed by atoms with Gasteiger partial charge in [0.2, 0.25) is 11.8 Å². The van der Waals surface area contributed by atoms with Gasteiger partial charge >= 0.3 is 0 Å². The molecule has 19 heavy (non-hydrogen) atoms. The topological polar surface area (TPSA) is 60.2 Å². The van der Waals surface area contributed by atoms with Gasteiger partial charge in [-0.05, 0) is 19.0 Å². The minimum atomic E-state index is -0.0892.